The van der Waals surface area contributed by atoms with Crippen molar-refractivity contribution in [2.75, 3.05) is 6.54 Å². The van der Waals surface area contributed by atoms with Crippen molar-refractivity contribution in [1.29, 1.82) is 0 Å². The van der Waals surface area contributed by atoms with Gasteiger partial charge in [0.1, 0.15) is 6.04 Å². The first-order chi connectivity index (χ1) is 15.2. The first-order valence-electron chi connectivity index (χ1n) is 10.4. The Morgan fingerprint density at radius 3 is 2.68 bits per heavy atom. The van der Waals surface area contributed by atoms with Gasteiger partial charge in [0.05, 0.1) is 6.26 Å². The number of aromatic nitrogens is 1. The molecule has 156 valence electrons. The van der Waals surface area contributed by atoms with Gasteiger partial charge in [-0.15, -0.1) is 0 Å². The monoisotopic (exact) mass is 413 g/mol. The fraction of sp³-hybridized carbons (Fsp3) is 0.200. The standard InChI is InChI=1S/C25H23N3O3/c29-24(26-12-11-18-15-27-21-9-4-3-8-20(18)21)22-14-17-6-1-2-7-19(17)16-28(22)25(30)23-10-5-13-31-23/h1-10,13,15,22,27H,11-12,14,16H2,(H,26,29)/t22-/m0/s1. The molecule has 2 amide bonds. The summed E-state index contributed by atoms with van der Waals surface area (Å²) in [6.07, 6.45) is 4.66. The number of nitrogens with one attached hydrogen (secondary N) is 2. The molecule has 0 fully saturated rings. The molecular weight excluding hydrogens is 390 g/mol. The van der Waals surface area contributed by atoms with Gasteiger partial charge in [0.25, 0.3) is 5.91 Å². The molecule has 0 saturated carbocycles. The van der Waals surface area contributed by atoms with Crippen LogP contribution in [-0.4, -0.2) is 34.3 Å². The van der Waals surface area contributed by atoms with E-state index in [9.17, 15) is 9.59 Å². The number of benzene rings is 2. The summed E-state index contributed by atoms with van der Waals surface area (Å²) in [6, 6.07) is 18.8. The second-order valence-electron chi connectivity index (χ2n) is 7.80. The number of carbonyl (C=O) groups is 2. The van der Waals surface area contributed by atoms with E-state index in [2.05, 4.69) is 16.4 Å². The molecular formula is C25H23N3O3. The van der Waals surface area contributed by atoms with Gasteiger partial charge < -0.3 is 19.6 Å². The number of nitrogens with zero attached hydrogens (tertiary/aromatic N) is 1. The molecule has 6 heteroatoms. The molecule has 1 aliphatic rings. The molecule has 0 radical (unpaired) electrons. The van der Waals surface area contributed by atoms with Gasteiger partial charge in [-0.25, -0.2) is 0 Å². The molecule has 3 heterocycles. The molecule has 31 heavy (non-hydrogen) atoms. The highest BCUT2D eigenvalue weighted by Crippen LogP contribution is 2.25. The first kappa shape index (κ1) is 19.2. The molecule has 2 aromatic heterocycles. The number of H-pyrrole nitrogens is 1. The van der Waals surface area contributed by atoms with Crippen molar-refractivity contribution in [3.05, 3.63) is 95.6 Å². The largest absolute Gasteiger partial charge is 0.459 e. The minimum atomic E-state index is -0.574. The highest BCUT2D eigenvalue weighted by molar-refractivity contribution is 5.96. The Morgan fingerprint density at radius 1 is 1.03 bits per heavy atom. The SMILES string of the molecule is O=C(NCCc1c[nH]c2ccccc12)[C@@H]1Cc2ccccc2CN1C(=O)c1ccco1. The van der Waals surface area contributed by atoms with Gasteiger partial charge in [0, 0.05) is 36.6 Å². The maximum atomic E-state index is 13.1. The van der Waals surface area contributed by atoms with E-state index in [0.717, 1.165) is 27.6 Å². The smallest absolute Gasteiger partial charge is 0.290 e. The van der Waals surface area contributed by atoms with Crippen molar-refractivity contribution >= 4 is 22.7 Å². The van der Waals surface area contributed by atoms with Crippen molar-refractivity contribution < 1.29 is 14.0 Å². The van der Waals surface area contributed by atoms with E-state index in [0.29, 0.717) is 25.9 Å². The number of para-hydroxylation sites is 1. The number of rotatable bonds is 5. The fourth-order valence-electron chi connectivity index (χ4n) is 4.29. The molecule has 0 bridgehead atoms. The van der Waals surface area contributed by atoms with Crippen LogP contribution >= 0.6 is 0 Å². The molecule has 0 spiro atoms. The predicted molar refractivity (Wildman–Crippen MR) is 118 cm³/mol. The lowest BCUT2D eigenvalue weighted by Crippen LogP contribution is -2.52. The van der Waals surface area contributed by atoms with Crippen LogP contribution in [0.4, 0.5) is 0 Å². The summed E-state index contributed by atoms with van der Waals surface area (Å²) in [5.41, 5.74) is 4.41. The third kappa shape index (κ3) is 3.72. The topological polar surface area (TPSA) is 78.3 Å². The number of carbonyl (C=O) groups excluding carboxylic acids is 2. The zero-order chi connectivity index (χ0) is 21.2. The summed E-state index contributed by atoms with van der Waals surface area (Å²) < 4.78 is 5.31. The zero-order valence-electron chi connectivity index (χ0n) is 17.0. The number of aromatic amines is 1. The number of amides is 2. The average molecular weight is 413 g/mol. The van der Waals surface area contributed by atoms with E-state index in [4.69, 9.17) is 4.42 Å². The number of hydrogen-bond donors (Lipinski definition) is 2. The molecule has 6 nitrogen and oxygen atoms in total. The number of hydrogen-bond acceptors (Lipinski definition) is 3. The van der Waals surface area contributed by atoms with E-state index >= 15 is 0 Å². The normalized spacial score (nSPS) is 15.6. The van der Waals surface area contributed by atoms with Crippen molar-refractivity contribution in [3.8, 4) is 0 Å². The van der Waals surface area contributed by atoms with Crippen molar-refractivity contribution in [1.82, 2.24) is 15.2 Å². The highest BCUT2D eigenvalue weighted by atomic mass is 16.3. The van der Waals surface area contributed by atoms with Crippen LogP contribution in [-0.2, 0) is 24.2 Å². The first-order valence-corrected chi connectivity index (χ1v) is 10.4. The van der Waals surface area contributed by atoms with Crippen LogP contribution in [0.2, 0.25) is 0 Å². The predicted octanol–water partition coefficient (Wildman–Crippen LogP) is 3.69. The average Bonchev–Trinajstić information content (AvgIpc) is 3.48. The van der Waals surface area contributed by atoms with Crippen LogP contribution in [0.25, 0.3) is 10.9 Å². The third-order valence-corrected chi connectivity index (χ3v) is 5.91. The minimum absolute atomic E-state index is 0.144. The maximum Gasteiger partial charge on any atom is 0.290 e. The van der Waals surface area contributed by atoms with Crippen molar-refractivity contribution in [2.45, 2.75) is 25.4 Å². The van der Waals surface area contributed by atoms with Crippen LogP contribution in [0, 0.1) is 0 Å². The van der Waals surface area contributed by atoms with E-state index < -0.39 is 6.04 Å². The highest BCUT2D eigenvalue weighted by Gasteiger charge is 2.35. The van der Waals surface area contributed by atoms with Crippen molar-refractivity contribution in [3.63, 3.8) is 0 Å². The second-order valence-corrected chi connectivity index (χ2v) is 7.80. The molecule has 0 saturated heterocycles. The number of furan rings is 1. The van der Waals surface area contributed by atoms with E-state index in [-0.39, 0.29) is 17.6 Å². The maximum absolute atomic E-state index is 13.1. The van der Waals surface area contributed by atoms with Gasteiger partial charge in [-0.05, 0) is 41.3 Å². The third-order valence-electron chi connectivity index (χ3n) is 5.91. The van der Waals surface area contributed by atoms with E-state index in [1.54, 1.807) is 17.0 Å². The summed E-state index contributed by atoms with van der Waals surface area (Å²) in [5, 5.41) is 4.20. The summed E-state index contributed by atoms with van der Waals surface area (Å²) in [5.74, 6) is -0.165. The van der Waals surface area contributed by atoms with Gasteiger partial charge in [0.15, 0.2) is 5.76 Å². The molecule has 0 aliphatic carbocycles. The number of fused-ring (bicyclic) bond motifs is 2. The lowest BCUT2D eigenvalue weighted by atomic mass is 9.93. The Kier molecular flexibility index (Phi) is 5.04. The van der Waals surface area contributed by atoms with Gasteiger partial charge in [-0.3, -0.25) is 9.59 Å². The van der Waals surface area contributed by atoms with E-state index in [1.807, 2.05) is 48.7 Å². The Bertz CT molecular complexity index is 1230. The zero-order valence-corrected chi connectivity index (χ0v) is 17.0. The second kappa shape index (κ2) is 8.14. The summed E-state index contributed by atoms with van der Waals surface area (Å²) >= 11 is 0. The molecule has 4 aromatic rings. The van der Waals surface area contributed by atoms with Crippen LogP contribution in [0.5, 0.6) is 0 Å². The summed E-state index contributed by atoms with van der Waals surface area (Å²) in [4.78, 5) is 31.1. The van der Waals surface area contributed by atoms with Crippen LogP contribution in [0.1, 0.15) is 27.2 Å². The molecule has 2 N–H and O–H groups in total. The fourth-order valence-corrected chi connectivity index (χ4v) is 4.29. The van der Waals surface area contributed by atoms with Gasteiger partial charge in [-0.2, -0.15) is 0 Å². The summed E-state index contributed by atoms with van der Waals surface area (Å²) in [7, 11) is 0. The van der Waals surface area contributed by atoms with Crippen LogP contribution in [0.3, 0.4) is 0 Å². The van der Waals surface area contributed by atoms with Crippen LogP contribution in [0.15, 0.2) is 77.5 Å². The Balaban J connectivity index is 1.32. The lowest BCUT2D eigenvalue weighted by Gasteiger charge is -2.35. The molecule has 5 rings (SSSR count). The Labute approximate surface area is 179 Å². The Morgan fingerprint density at radius 2 is 1.84 bits per heavy atom. The minimum Gasteiger partial charge on any atom is -0.459 e. The molecule has 1 aliphatic heterocycles. The quantitative estimate of drug-likeness (QED) is 0.524. The molecule has 0 unspecified atom stereocenters. The molecule has 2 aromatic carbocycles. The van der Waals surface area contributed by atoms with Gasteiger partial charge >= 0.3 is 0 Å². The summed E-state index contributed by atoms with van der Waals surface area (Å²) in [6.45, 7) is 0.887. The van der Waals surface area contributed by atoms with Crippen molar-refractivity contribution in [2.24, 2.45) is 0 Å². The lowest BCUT2D eigenvalue weighted by molar-refractivity contribution is -0.126. The Hall–Kier alpha value is -3.80. The van der Waals surface area contributed by atoms with E-state index in [1.165, 1.54) is 6.26 Å². The van der Waals surface area contributed by atoms with Crippen LogP contribution < -0.4 is 5.32 Å². The molecule has 1 atom stereocenters. The van der Waals surface area contributed by atoms with Gasteiger partial charge in [-0.1, -0.05) is 42.5 Å². The van der Waals surface area contributed by atoms with Gasteiger partial charge in [0.2, 0.25) is 5.91 Å².